The second-order valence-electron chi connectivity index (χ2n) is 12.6. The molecule has 49 heavy (non-hydrogen) atoms. The number of carbonyl (C=O) groups is 3. The minimum atomic E-state index is -4.94. The Hall–Kier alpha value is -2.53. The van der Waals surface area contributed by atoms with E-state index >= 15 is 0 Å². The van der Waals surface area contributed by atoms with Gasteiger partial charge in [-0.3, -0.25) is 45.1 Å². The van der Waals surface area contributed by atoms with Crippen molar-refractivity contribution in [2.75, 3.05) is 13.1 Å². The molecule has 0 radical (unpaired) electrons. The number of nitrogens with one attached hydrogen (secondary N) is 5. The lowest BCUT2D eigenvalue weighted by Gasteiger charge is -2.52. The fourth-order valence-corrected chi connectivity index (χ4v) is 9.40. The van der Waals surface area contributed by atoms with Gasteiger partial charge in [0.05, 0.1) is 42.4 Å². The first kappa shape index (κ1) is 39.3. The third kappa shape index (κ3) is 10.0. The highest BCUT2D eigenvalue weighted by Gasteiger charge is 2.56. The van der Waals surface area contributed by atoms with E-state index < -0.39 is 124 Å². The van der Waals surface area contributed by atoms with Gasteiger partial charge in [0.15, 0.2) is 6.35 Å². The van der Waals surface area contributed by atoms with Crippen LogP contribution in [0.2, 0.25) is 0 Å². The number of aliphatic carboxylic acids is 3. The summed E-state index contributed by atoms with van der Waals surface area (Å²) in [4.78, 5) is 35.6. The number of nitrogens with zero attached hydrogens (tertiary/aromatic N) is 3. The number of nitrogens with two attached hydrogens (primary N) is 1. The highest BCUT2D eigenvalue weighted by molar-refractivity contribution is 7.87. The van der Waals surface area contributed by atoms with Crippen molar-refractivity contribution in [2.45, 2.75) is 99.4 Å². The highest BCUT2D eigenvalue weighted by atomic mass is 32.2. The number of carboxylic acids is 3. The van der Waals surface area contributed by atoms with Gasteiger partial charge in [-0.05, 0) is 38.0 Å². The fraction of sp³-hybridized carbons (Fsp3) is 0.875. The molecule has 0 aromatic heterocycles. The summed E-state index contributed by atoms with van der Waals surface area (Å²) in [6.45, 7) is -1.47. The van der Waals surface area contributed by atoms with Crippen LogP contribution in [0.4, 0.5) is 0 Å². The van der Waals surface area contributed by atoms with Crippen LogP contribution in [0.3, 0.4) is 0 Å². The predicted octanol–water partition coefficient (Wildman–Crippen LogP) is -4.35. The van der Waals surface area contributed by atoms with E-state index in [2.05, 4.69) is 35.8 Å². The molecule has 23 nitrogen and oxygen atoms in total. The van der Waals surface area contributed by atoms with Crippen molar-refractivity contribution < 1.29 is 65.6 Å². The summed E-state index contributed by atoms with van der Waals surface area (Å²) in [5.41, 5.74) is 0. The number of azo groups is 1. The molecule has 1 saturated heterocycles. The second-order valence-corrected chi connectivity index (χ2v) is 15.6. The molecule has 0 aromatic carbocycles. The Morgan fingerprint density at radius 3 is 2.14 bits per heavy atom. The number of aliphatic hydroxyl groups excluding tert-OH is 2. The predicted molar refractivity (Wildman–Crippen MR) is 162 cm³/mol. The van der Waals surface area contributed by atoms with Crippen molar-refractivity contribution >= 4 is 38.3 Å². The molecule has 12 atom stereocenters. The van der Waals surface area contributed by atoms with Crippen molar-refractivity contribution in [1.29, 1.82) is 0 Å². The first-order valence-corrected chi connectivity index (χ1v) is 18.4. The summed E-state index contributed by atoms with van der Waals surface area (Å²) in [7, 11) is -9.41. The molecule has 4 aliphatic rings. The molecule has 13 N–H and O–H groups in total. The molecule has 1 heterocycles. The van der Waals surface area contributed by atoms with Gasteiger partial charge in [0.2, 0.25) is 0 Å². The molecule has 0 bridgehead atoms. The number of carboxylic acid groups (broad SMARTS) is 3. The standard InChI is InChI=1S/C24H43N9O14S2/c25-47-48(42,43)15-6-5-13(26-22-27-23(29-24(41)28-22)33(8-16(34)35)9-17(36)37)18-11(15)7-14(32-49(44,45)46)19(20(18)38)31-30-12-4-2-1-3-10(12)21(39)40/h10-15,18-20,22-24,26-29,32,38,41H,1-9,25H2,(H,34,35)(H,36,37)(H,39,40)(H,44,45,46). The van der Waals surface area contributed by atoms with Gasteiger partial charge < -0.3 is 25.5 Å². The second kappa shape index (κ2) is 16.2. The van der Waals surface area contributed by atoms with Gasteiger partial charge >= 0.3 is 28.2 Å². The van der Waals surface area contributed by atoms with Crippen LogP contribution in [0, 0.1) is 17.8 Å². The van der Waals surface area contributed by atoms with Gasteiger partial charge in [-0.25, -0.2) is 0 Å². The van der Waals surface area contributed by atoms with Gasteiger partial charge in [0.1, 0.15) is 18.6 Å². The molecule has 4 fully saturated rings. The maximum atomic E-state index is 13.0. The highest BCUT2D eigenvalue weighted by Crippen LogP contribution is 2.45. The summed E-state index contributed by atoms with van der Waals surface area (Å²) in [6.07, 6.45) is -3.91. The van der Waals surface area contributed by atoms with Crippen molar-refractivity contribution in [3.05, 3.63) is 0 Å². The Morgan fingerprint density at radius 1 is 0.898 bits per heavy atom. The molecule has 1 aliphatic heterocycles. The van der Waals surface area contributed by atoms with E-state index in [-0.39, 0.29) is 19.3 Å². The van der Waals surface area contributed by atoms with Crippen LogP contribution in [-0.4, -0.2) is 137 Å². The molecule has 4 rings (SSSR count). The van der Waals surface area contributed by atoms with Gasteiger partial charge in [-0.15, -0.1) is 0 Å². The van der Waals surface area contributed by atoms with E-state index in [1.165, 1.54) is 0 Å². The topological polar surface area (TPSA) is 364 Å². The Bertz CT molecular complexity index is 1440. The largest absolute Gasteiger partial charge is 0.481 e. The molecular formula is C24H43N9O14S2. The van der Waals surface area contributed by atoms with Gasteiger partial charge in [0.25, 0.3) is 10.1 Å². The summed E-state index contributed by atoms with van der Waals surface area (Å²) >= 11 is 0. The lowest BCUT2D eigenvalue weighted by molar-refractivity contribution is -0.146. The van der Waals surface area contributed by atoms with Crippen molar-refractivity contribution in [1.82, 2.24) is 30.9 Å². The van der Waals surface area contributed by atoms with E-state index in [9.17, 15) is 61.3 Å². The van der Waals surface area contributed by atoms with Crippen LogP contribution in [0.1, 0.15) is 44.9 Å². The average Bonchev–Trinajstić information content (AvgIpc) is 2.99. The van der Waals surface area contributed by atoms with Crippen molar-refractivity contribution in [2.24, 2.45) is 33.9 Å². The first-order valence-electron chi connectivity index (χ1n) is 15.5. The SMILES string of the molecule is NOS(=O)(=O)C1CCC(NC2NC(O)NC(N(CC(=O)O)CC(=O)O)N2)C2C(O)C(N=NC3CCCCC3C(=O)O)C(NS(=O)(=O)O)CC21. The average molecular weight is 746 g/mol. The van der Waals surface area contributed by atoms with Crippen LogP contribution >= 0.6 is 0 Å². The zero-order valence-corrected chi connectivity index (χ0v) is 27.6. The molecule has 0 spiro atoms. The van der Waals surface area contributed by atoms with Crippen molar-refractivity contribution in [3.63, 3.8) is 0 Å². The monoisotopic (exact) mass is 745 g/mol. The third-order valence-electron chi connectivity index (χ3n) is 9.47. The molecular weight excluding hydrogens is 702 g/mol. The molecule has 0 aromatic rings. The Balaban J connectivity index is 1.67. The van der Waals surface area contributed by atoms with Gasteiger partial charge in [-0.2, -0.15) is 42.0 Å². The van der Waals surface area contributed by atoms with E-state index in [1.807, 2.05) is 4.72 Å². The smallest absolute Gasteiger partial charge is 0.333 e. The fourth-order valence-electron chi connectivity index (χ4n) is 7.49. The minimum absolute atomic E-state index is 0.0253. The molecule has 12 unspecified atom stereocenters. The van der Waals surface area contributed by atoms with E-state index in [1.54, 1.807) is 0 Å². The number of fused-ring (bicyclic) bond motifs is 1. The Labute approximate surface area is 281 Å². The molecule has 0 amide bonds. The minimum Gasteiger partial charge on any atom is -0.481 e. The van der Waals surface area contributed by atoms with Gasteiger partial charge in [0, 0.05) is 12.0 Å². The van der Waals surface area contributed by atoms with E-state index in [0.717, 1.165) is 4.90 Å². The Kier molecular flexibility index (Phi) is 13.0. The maximum absolute atomic E-state index is 13.0. The lowest BCUT2D eigenvalue weighted by atomic mass is 9.64. The number of hydrogen-bond donors (Lipinski definition) is 12. The van der Waals surface area contributed by atoms with Crippen molar-refractivity contribution in [3.8, 4) is 0 Å². The first-order chi connectivity index (χ1) is 22.9. The van der Waals surface area contributed by atoms with E-state index in [0.29, 0.717) is 25.7 Å². The summed E-state index contributed by atoms with van der Waals surface area (Å²) in [5, 5.41) is 68.9. The zero-order valence-electron chi connectivity index (χ0n) is 26.0. The summed E-state index contributed by atoms with van der Waals surface area (Å²) < 4.78 is 65.8. The quantitative estimate of drug-likeness (QED) is 0.0454. The van der Waals surface area contributed by atoms with Crippen LogP contribution in [0.5, 0.6) is 0 Å². The van der Waals surface area contributed by atoms with Gasteiger partial charge in [-0.1, -0.05) is 12.8 Å². The summed E-state index contributed by atoms with van der Waals surface area (Å²) in [5.74, 6) is -1.74. The molecule has 25 heteroatoms. The van der Waals surface area contributed by atoms with Crippen LogP contribution in [0.15, 0.2) is 10.2 Å². The Morgan fingerprint density at radius 2 is 1.55 bits per heavy atom. The number of hydrogen-bond acceptors (Lipinski definition) is 18. The summed E-state index contributed by atoms with van der Waals surface area (Å²) in [6, 6.07) is -4.46. The van der Waals surface area contributed by atoms with Crippen LogP contribution in [0.25, 0.3) is 0 Å². The lowest BCUT2D eigenvalue weighted by Crippen LogP contribution is -2.77. The van der Waals surface area contributed by atoms with E-state index in [4.69, 9.17) is 5.90 Å². The zero-order chi connectivity index (χ0) is 36.3. The molecule has 280 valence electrons. The molecule has 3 saturated carbocycles. The normalized spacial score (nSPS) is 37.5. The van der Waals surface area contributed by atoms with Crippen LogP contribution < -0.4 is 31.9 Å². The molecule has 3 aliphatic carbocycles. The maximum Gasteiger partial charge on any atom is 0.333 e. The number of aliphatic hydroxyl groups is 2. The van der Waals surface area contributed by atoms with Crippen LogP contribution in [-0.2, 0) is 39.1 Å². The third-order valence-corrected chi connectivity index (χ3v) is 11.7. The number of rotatable bonds is 14.